The molecular weight excluding hydrogens is 293 g/mol. The maximum atomic E-state index is 13.6. The van der Waals surface area contributed by atoms with Crippen molar-refractivity contribution in [3.63, 3.8) is 0 Å². The third-order valence-corrected chi connectivity index (χ3v) is 4.28. The van der Waals surface area contributed by atoms with Crippen molar-refractivity contribution in [2.45, 2.75) is 26.1 Å². The van der Waals surface area contributed by atoms with E-state index in [4.69, 9.17) is 4.74 Å². The molecule has 0 spiro atoms. The number of ether oxygens (including phenoxy) is 1. The molecule has 0 aliphatic carbocycles. The van der Waals surface area contributed by atoms with E-state index in [-0.39, 0.29) is 17.8 Å². The van der Waals surface area contributed by atoms with Crippen LogP contribution in [0.4, 0.5) is 4.39 Å². The highest BCUT2D eigenvalue weighted by molar-refractivity contribution is 5.94. The van der Waals surface area contributed by atoms with E-state index >= 15 is 0 Å². The Morgan fingerprint density at radius 1 is 1.26 bits per heavy atom. The van der Waals surface area contributed by atoms with Crippen LogP contribution < -0.4 is 0 Å². The van der Waals surface area contributed by atoms with Gasteiger partial charge in [0.05, 0.1) is 12.7 Å². The minimum atomic E-state index is -0.355. The number of nitrogens with zero attached hydrogens (tertiary/aromatic N) is 1. The second-order valence-electron chi connectivity index (χ2n) is 6.06. The molecule has 2 aromatic carbocycles. The topological polar surface area (TPSA) is 29.5 Å². The number of carbonyl (C=O) groups is 1. The number of benzene rings is 2. The lowest BCUT2D eigenvalue weighted by Crippen LogP contribution is -2.38. The first kappa shape index (κ1) is 15.7. The van der Waals surface area contributed by atoms with Crippen molar-refractivity contribution >= 4 is 5.91 Å². The summed E-state index contributed by atoms with van der Waals surface area (Å²) in [5, 5.41) is 0. The lowest BCUT2D eigenvalue weighted by Gasteiger charge is -2.29. The molecule has 0 aromatic heterocycles. The zero-order valence-corrected chi connectivity index (χ0v) is 13.4. The van der Waals surface area contributed by atoms with E-state index in [0.717, 1.165) is 6.42 Å². The molecule has 1 heterocycles. The number of carbonyl (C=O) groups excluding carboxylic acids is 1. The van der Waals surface area contributed by atoms with Gasteiger partial charge in [0.2, 0.25) is 0 Å². The van der Waals surface area contributed by atoms with E-state index in [9.17, 15) is 9.18 Å². The van der Waals surface area contributed by atoms with Gasteiger partial charge in [-0.1, -0.05) is 30.3 Å². The molecule has 3 rings (SSSR count). The van der Waals surface area contributed by atoms with Crippen LogP contribution in [-0.2, 0) is 17.8 Å². The Morgan fingerprint density at radius 3 is 2.74 bits per heavy atom. The van der Waals surface area contributed by atoms with Crippen molar-refractivity contribution < 1.29 is 13.9 Å². The number of hydrogen-bond acceptors (Lipinski definition) is 2. The molecule has 2 aromatic rings. The zero-order valence-electron chi connectivity index (χ0n) is 13.4. The summed E-state index contributed by atoms with van der Waals surface area (Å²) in [7, 11) is 1.73. The van der Waals surface area contributed by atoms with Crippen molar-refractivity contribution in [3.8, 4) is 0 Å². The summed E-state index contributed by atoms with van der Waals surface area (Å²) in [6.07, 6.45) is 0.755. The fourth-order valence-electron chi connectivity index (χ4n) is 2.86. The highest BCUT2D eigenvalue weighted by Crippen LogP contribution is 2.21. The number of rotatable bonds is 3. The van der Waals surface area contributed by atoms with Crippen LogP contribution in [-0.4, -0.2) is 30.5 Å². The molecular formula is C19H20FNO2. The lowest BCUT2D eigenvalue weighted by molar-refractivity contribution is 0.00984. The Labute approximate surface area is 135 Å². The molecule has 0 saturated carbocycles. The third kappa shape index (κ3) is 3.42. The molecule has 0 N–H and O–H groups in total. The van der Waals surface area contributed by atoms with E-state index in [1.54, 1.807) is 31.0 Å². The molecule has 0 saturated heterocycles. The van der Waals surface area contributed by atoms with Gasteiger partial charge >= 0.3 is 0 Å². The molecule has 1 amide bonds. The predicted molar refractivity (Wildman–Crippen MR) is 86.8 cm³/mol. The van der Waals surface area contributed by atoms with Gasteiger partial charge in [-0.3, -0.25) is 4.79 Å². The number of fused-ring (bicyclic) bond motifs is 1. The summed E-state index contributed by atoms with van der Waals surface area (Å²) in [6.45, 7) is 2.74. The molecule has 23 heavy (non-hydrogen) atoms. The minimum Gasteiger partial charge on any atom is -0.371 e. The average molecular weight is 313 g/mol. The second-order valence-corrected chi connectivity index (χ2v) is 6.06. The molecule has 1 aliphatic heterocycles. The average Bonchev–Trinajstić information content (AvgIpc) is 2.56. The first-order valence-electron chi connectivity index (χ1n) is 7.74. The molecule has 4 heteroatoms. The van der Waals surface area contributed by atoms with Crippen molar-refractivity contribution in [2.24, 2.45) is 0 Å². The van der Waals surface area contributed by atoms with Gasteiger partial charge in [0.1, 0.15) is 5.82 Å². The van der Waals surface area contributed by atoms with Crippen LogP contribution >= 0.6 is 0 Å². The fraction of sp³-hybridized carbons (Fsp3) is 0.316. The molecule has 0 fully saturated rings. The van der Waals surface area contributed by atoms with E-state index < -0.39 is 0 Å². The van der Waals surface area contributed by atoms with Gasteiger partial charge in [-0.05, 0) is 35.7 Å². The maximum Gasteiger partial charge on any atom is 0.253 e. The van der Waals surface area contributed by atoms with E-state index in [1.807, 2.05) is 12.1 Å². The molecule has 1 unspecified atom stereocenters. The van der Waals surface area contributed by atoms with E-state index in [0.29, 0.717) is 24.3 Å². The van der Waals surface area contributed by atoms with Gasteiger partial charge < -0.3 is 9.64 Å². The second kappa shape index (κ2) is 6.50. The van der Waals surface area contributed by atoms with Crippen LogP contribution in [0.2, 0.25) is 0 Å². The number of amides is 1. The van der Waals surface area contributed by atoms with Gasteiger partial charge in [-0.15, -0.1) is 0 Å². The van der Waals surface area contributed by atoms with E-state index in [1.165, 1.54) is 17.2 Å². The van der Waals surface area contributed by atoms with Gasteiger partial charge in [-0.2, -0.15) is 0 Å². The summed E-state index contributed by atoms with van der Waals surface area (Å²) in [5.74, 6) is -0.543. The molecule has 1 aliphatic rings. The smallest absolute Gasteiger partial charge is 0.253 e. The fourth-order valence-corrected chi connectivity index (χ4v) is 2.86. The first-order chi connectivity index (χ1) is 11.0. The Hall–Kier alpha value is -2.20. The molecule has 120 valence electrons. The van der Waals surface area contributed by atoms with Crippen LogP contribution in [0, 0.1) is 12.7 Å². The summed E-state index contributed by atoms with van der Waals surface area (Å²) < 4.78 is 19.5. The number of likely N-dealkylation sites (N-methyl/N-ethyl adjacent to an activating group) is 1. The molecule has 3 nitrogen and oxygen atoms in total. The Kier molecular flexibility index (Phi) is 4.44. The summed E-state index contributed by atoms with van der Waals surface area (Å²) in [6, 6.07) is 12.8. The summed E-state index contributed by atoms with van der Waals surface area (Å²) in [4.78, 5) is 14.0. The molecule has 1 atom stereocenters. The van der Waals surface area contributed by atoms with Crippen LogP contribution in [0.15, 0.2) is 42.5 Å². The molecule has 0 radical (unpaired) electrons. The minimum absolute atomic E-state index is 0.0332. The van der Waals surface area contributed by atoms with Crippen LogP contribution in [0.3, 0.4) is 0 Å². The summed E-state index contributed by atoms with van der Waals surface area (Å²) in [5.41, 5.74) is 3.38. The van der Waals surface area contributed by atoms with Crippen LogP contribution in [0.1, 0.15) is 27.0 Å². The predicted octanol–water partition coefficient (Wildman–Crippen LogP) is 3.35. The quantitative estimate of drug-likeness (QED) is 0.870. The maximum absolute atomic E-state index is 13.6. The Morgan fingerprint density at radius 2 is 2.00 bits per heavy atom. The van der Waals surface area contributed by atoms with Crippen molar-refractivity contribution in [2.75, 3.05) is 13.6 Å². The molecule has 0 bridgehead atoms. The standard InChI is InChI=1S/C19H20FNO2/c1-13-7-8-15(10-18(13)20)19(22)21(2)11-17-9-14-5-3-4-6-16(14)12-23-17/h3-8,10,17H,9,11-12H2,1-2H3. The normalized spacial score (nSPS) is 16.7. The highest BCUT2D eigenvalue weighted by Gasteiger charge is 2.22. The number of aryl methyl sites for hydroxylation is 1. The number of hydrogen-bond donors (Lipinski definition) is 0. The zero-order chi connectivity index (χ0) is 16.4. The number of halogens is 1. The van der Waals surface area contributed by atoms with Gasteiger partial charge in [0, 0.05) is 25.6 Å². The van der Waals surface area contributed by atoms with Crippen LogP contribution in [0.5, 0.6) is 0 Å². The van der Waals surface area contributed by atoms with E-state index in [2.05, 4.69) is 12.1 Å². The lowest BCUT2D eigenvalue weighted by atomic mass is 9.99. The Bertz CT molecular complexity index is 729. The van der Waals surface area contributed by atoms with Crippen molar-refractivity contribution in [1.29, 1.82) is 0 Å². The summed E-state index contributed by atoms with van der Waals surface area (Å²) >= 11 is 0. The SMILES string of the molecule is Cc1ccc(C(=O)N(C)CC2Cc3ccccc3CO2)cc1F. The Balaban J connectivity index is 1.66. The van der Waals surface area contributed by atoms with Crippen molar-refractivity contribution in [3.05, 3.63) is 70.5 Å². The van der Waals surface area contributed by atoms with Crippen LogP contribution in [0.25, 0.3) is 0 Å². The van der Waals surface area contributed by atoms with Gasteiger partial charge in [0.15, 0.2) is 0 Å². The van der Waals surface area contributed by atoms with Crippen molar-refractivity contribution in [1.82, 2.24) is 4.90 Å². The largest absolute Gasteiger partial charge is 0.371 e. The third-order valence-electron chi connectivity index (χ3n) is 4.28. The monoisotopic (exact) mass is 313 g/mol. The van der Waals surface area contributed by atoms with Gasteiger partial charge in [-0.25, -0.2) is 4.39 Å². The highest BCUT2D eigenvalue weighted by atomic mass is 19.1. The first-order valence-corrected chi connectivity index (χ1v) is 7.74. The van der Waals surface area contributed by atoms with Gasteiger partial charge in [0.25, 0.3) is 5.91 Å².